The molecule has 0 spiro atoms. The Morgan fingerprint density at radius 1 is 1.04 bits per heavy atom. The van der Waals surface area contributed by atoms with Crippen molar-refractivity contribution in [1.82, 2.24) is 4.90 Å². The summed E-state index contributed by atoms with van der Waals surface area (Å²) in [6.45, 7) is 8.44. The third kappa shape index (κ3) is 3.13. The van der Waals surface area contributed by atoms with E-state index < -0.39 is 5.60 Å². The van der Waals surface area contributed by atoms with Crippen LogP contribution in [0.4, 0.5) is 4.79 Å². The molecule has 4 heteroatoms. The second-order valence-electron chi connectivity index (χ2n) is 7.95. The maximum atomic E-state index is 13.1. The fraction of sp³-hybridized carbons (Fsp3) is 0.409. The van der Waals surface area contributed by atoms with Crippen molar-refractivity contribution >= 4 is 28.7 Å². The van der Waals surface area contributed by atoms with Crippen molar-refractivity contribution < 1.29 is 9.53 Å². The number of ether oxygens (including phenoxy) is 1. The highest BCUT2D eigenvalue weighted by molar-refractivity contribution is 14.1. The van der Waals surface area contributed by atoms with Crippen LogP contribution in [0, 0.1) is 5.92 Å². The molecule has 1 heterocycles. The Morgan fingerprint density at radius 2 is 1.50 bits per heavy atom. The number of alkyl halides is 1. The smallest absolute Gasteiger partial charge is 0.411 e. The Hall–Kier alpha value is -1.56. The average Bonchev–Trinajstić information content (AvgIpc) is 2.97. The van der Waals surface area contributed by atoms with Crippen LogP contribution in [0.3, 0.4) is 0 Å². The molecule has 0 aromatic heterocycles. The lowest BCUT2D eigenvalue weighted by Crippen LogP contribution is -2.55. The number of halogens is 1. The summed E-state index contributed by atoms with van der Waals surface area (Å²) in [6.07, 6.45) is -0.244. The topological polar surface area (TPSA) is 29.5 Å². The molecule has 2 aromatic carbocycles. The first-order valence-corrected chi connectivity index (χ1v) is 10.5. The first-order chi connectivity index (χ1) is 12.3. The summed E-state index contributed by atoms with van der Waals surface area (Å²) in [6, 6.07) is 20.2. The van der Waals surface area contributed by atoms with Gasteiger partial charge in [-0.05, 0) is 26.7 Å². The molecule has 0 saturated carbocycles. The minimum Gasteiger partial charge on any atom is -0.431 e. The number of carbonyl (C=O) groups is 1. The number of hydrogen-bond acceptors (Lipinski definition) is 2. The summed E-state index contributed by atoms with van der Waals surface area (Å²) < 4.78 is 7.22. The number of cyclic esters (lactones) is 1. The van der Waals surface area contributed by atoms with Crippen molar-refractivity contribution in [2.24, 2.45) is 5.92 Å². The molecule has 0 radical (unpaired) electrons. The molecule has 1 fully saturated rings. The number of carbonyl (C=O) groups excluding carboxylic acids is 1. The highest BCUT2D eigenvalue weighted by Crippen LogP contribution is 2.49. The van der Waals surface area contributed by atoms with Crippen molar-refractivity contribution in [2.75, 3.05) is 4.43 Å². The molecule has 1 amide bonds. The van der Waals surface area contributed by atoms with E-state index in [1.54, 1.807) is 0 Å². The van der Waals surface area contributed by atoms with Crippen LogP contribution in [0.5, 0.6) is 0 Å². The van der Waals surface area contributed by atoms with Gasteiger partial charge in [0.25, 0.3) is 0 Å². The molecule has 1 saturated heterocycles. The summed E-state index contributed by atoms with van der Waals surface area (Å²) in [4.78, 5) is 15.1. The summed E-state index contributed by atoms with van der Waals surface area (Å²) in [5, 5.41) is 0. The summed E-state index contributed by atoms with van der Waals surface area (Å²) >= 11 is 2.41. The van der Waals surface area contributed by atoms with E-state index in [0.29, 0.717) is 0 Å². The van der Waals surface area contributed by atoms with Gasteiger partial charge in [-0.25, -0.2) is 4.79 Å². The number of rotatable bonds is 4. The van der Waals surface area contributed by atoms with E-state index in [1.165, 1.54) is 0 Å². The molecule has 2 aromatic rings. The third-order valence-electron chi connectivity index (χ3n) is 5.05. The van der Waals surface area contributed by atoms with Gasteiger partial charge in [0, 0.05) is 21.1 Å². The quantitative estimate of drug-likeness (QED) is 0.435. The first kappa shape index (κ1) is 19.2. The normalized spacial score (nSPS) is 20.7. The Kier molecular flexibility index (Phi) is 5.33. The van der Waals surface area contributed by atoms with Gasteiger partial charge < -0.3 is 4.74 Å². The molecule has 1 aliphatic heterocycles. The second-order valence-corrected chi connectivity index (χ2v) is 8.83. The van der Waals surface area contributed by atoms with Gasteiger partial charge in [0.2, 0.25) is 0 Å². The molecular formula is C22H26INO2. The minimum absolute atomic E-state index is 0.0864. The van der Waals surface area contributed by atoms with E-state index in [4.69, 9.17) is 4.74 Å². The van der Waals surface area contributed by atoms with Crippen LogP contribution in [0.2, 0.25) is 0 Å². The Morgan fingerprint density at radius 3 is 1.88 bits per heavy atom. The van der Waals surface area contributed by atoms with Gasteiger partial charge in [0.05, 0.1) is 6.04 Å². The molecular weight excluding hydrogens is 437 g/mol. The zero-order valence-corrected chi connectivity index (χ0v) is 17.9. The highest BCUT2D eigenvalue weighted by atomic mass is 127. The van der Waals surface area contributed by atoms with Crippen molar-refractivity contribution in [3.63, 3.8) is 0 Å². The fourth-order valence-corrected chi connectivity index (χ4v) is 4.45. The molecule has 26 heavy (non-hydrogen) atoms. The van der Waals surface area contributed by atoms with Crippen LogP contribution in [-0.4, -0.2) is 27.0 Å². The SMILES string of the molecule is CC(CI)[C@@H]1N(C(C)(C)C)C(=O)OC1(c1ccccc1)c1ccccc1. The summed E-state index contributed by atoms with van der Waals surface area (Å²) in [5.74, 6) is 0.265. The van der Waals surface area contributed by atoms with E-state index in [-0.39, 0.29) is 23.6 Å². The lowest BCUT2D eigenvalue weighted by atomic mass is 9.75. The Bertz CT molecular complexity index is 715. The van der Waals surface area contributed by atoms with Gasteiger partial charge in [-0.3, -0.25) is 4.90 Å². The molecule has 0 N–H and O–H groups in total. The van der Waals surface area contributed by atoms with E-state index in [9.17, 15) is 4.79 Å². The van der Waals surface area contributed by atoms with Gasteiger partial charge in [0.15, 0.2) is 5.60 Å². The van der Waals surface area contributed by atoms with Gasteiger partial charge in [-0.15, -0.1) is 0 Å². The zero-order valence-electron chi connectivity index (χ0n) is 15.8. The third-order valence-corrected chi connectivity index (χ3v) is 6.44. The van der Waals surface area contributed by atoms with Crippen LogP contribution in [-0.2, 0) is 10.3 Å². The van der Waals surface area contributed by atoms with E-state index in [1.807, 2.05) is 41.3 Å². The molecule has 1 unspecified atom stereocenters. The Balaban J connectivity index is 2.30. The molecule has 0 bridgehead atoms. The maximum Gasteiger partial charge on any atom is 0.411 e. The summed E-state index contributed by atoms with van der Waals surface area (Å²) in [5.41, 5.74) is 0.908. The van der Waals surface area contributed by atoms with Crippen molar-refractivity contribution in [1.29, 1.82) is 0 Å². The highest BCUT2D eigenvalue weighted by Gasteiger charge is 2.60. The lowest BCUT2D eigenvalue weighted by molar-refractivity contribution is 0.0493. The van der Waals surface area contributed by atoms with E-state index in [0.717, 1.165) is 15.6 Å². The molecule has 0 aliphatic carbocycles. The van der Waals surface area contributed by atoms with Crippen molar-refractivity contribution in [3.8, 4) is 0 Å². The van der Waals surface area contributed by atoms with Crippen LogP contribution in [0.25, 0.3) is 0 Å². The Labute approximate surface area is 169 Å². The van der Waals surface area contributed by atoms with Gasteiger partial charge in [-0.1, -0.05) is 90.2 Å². The largest absolute Gasteiger partial charge is 0.431 e. The predicted octanol–water partition coefficient (Wildman–Crippen LogP) is 5.62. The van der Waals surface area contributed by atoms with Gasteiger partial charge in [0.1, 0.15) is 0 Å². The monoisotopic (exact) mass is 463 g/mol. The predicted molar refractivity (Wildman–Crippen MR) is 114 cm³/mol. The number of benzene rings is 2. The standard InChI is InChI=1S/C22H26INO2/c1-16(15-23)19-22(17-11-7-5-8-12-17,18-13-9-6-10-14-18)26-20(25)24(19)21(2,3)4/h5-14,16,19H,15H2,1-4H3/t16?,19-/m0/s1. The number of nitrogens with zero attached hydrogens (tertiary/aromatic N) is 1. The zero-order chi connectivity index (χ0) is 18.9. The van der Waals surface area contributed by atoms with Crippen LogP contribution < -0.4 is 0 Å². The van der Waals surface area contributed by atoms with Gasteiger partial charge in [-0.2, -0.15) is 0 Å². The van der Waals surface area contributed by atoms with Crippen LogP contribution in [0.1, 0.15) is 38.8 Å². The average molecular weight is 463 g/mol. The molecule has 1 aliphatic rings. The number of amides is 1. The van der Waals surface area contributed by atoms with Crippen molar-refractivity contribution in [3.05, 3.63) is 71.8 Å². The van der Waals surface area contributed by atoms with Gasteiger partial charge >= 0.3 is 6.09 Å². The first-order valence-electron chi connectivity index (χ1n) is 9.01. The molecule has 3 rings (SSSR count). The van der Waals surface area contributed by atoms with Crippen molar-refractivity contribution in [2.45, 2.75) is 44.9 Å². The number of hydrogen-bond donors (Lipinski definition) is 0. The lowest BCUT2D eigenvalue weighted by Gasteiger charge is -2.43. The maximum absolute atomic E-state index is 13.1. The molecule has 3 nitrogen and oxygen atoms in total. The van der Waals surface area contributed by atoms with E-state index >= 15 is 0 Å². The van der Waals surface area contributed by atoms with Crippen LogP contribution in [0.15, 0.2) is 60.7 Å². The summed E-state index contributed by atoms with van der Waals surface area (Å²) in [7, 11) is 0. The molecule has 138 valence electrons. The van der Waals surface area contributed by atoms with Crippen LogP contribution >= 0.6 is 22.6 Å². The van der Waals surface area contributed by atoms with E-state index in [2.05, 4.69) is 74.6 Å². The second kappa shape index (κ2) is 7.22. The fourth-order valence-electron chi connectivity index (χ4n) is 3.97. The molecule has 2 atom stereocenters. The minimum atomic E-state index is -0.808.